The van der Waals surface area contributed by atoms with Gasteiger partial charge in [0.25, 0.3) is 15.9 Å². The maximum Gasteiger partial charge on any atom is 0.261 e. The van der Waals surface area contributed by atoms with Crippen molar-refractivity contribution < 1.29 is 13.2 Å². The lowest BCUT2D eigenvalue weighted by Gasteiger charge is -2.12. The summed E-state index contributed by atoms with van der Waals surface area (Å²) in [6.07, 6.45) is 0. The molecule has 7 nitrogen and oxygen atoms in total. The predicted molar refractivity (Wildman–Crippen MR) is 142 cm³/mol. The monoisotopic (exact) mass is 512 g/mol. The molecule has 178 valence electrons. The Morgan fingerprint density at radius 3 is 1.97 bits per heavy atom. The van der Waals surface area contributed by atoms with E-state index in [4.69, 9.17) is 0 Å². The van der Waals surface area contributed by atoms with Gasteiger partial charge in [0.05, 0.1) is 16.1 Å². The van der Waals surface area contributed by atoms with Crippen LogP contribution in [0, 0.1) is 0 Å². The summed E-state index contributed by atoms with van der Waals surface area (Å²) in [6.45, 7) is 0. The average Bonchev–Trinajstić information content (AvgIpc) is 3.38. The molecule has 1 aromatic heterocycles. The van der Waals surface area contributed by atoms with E-state index < -0.39 is 15.9 Å². The number of aromatic nitrogens is 2. The van der Waals surface area contributed by atoms with E-state index in [1.54, 1.807) is 48.5 Å². The molecule has 0 saturated carbocycles. The van der Waals surface area contributed by atoms with Crippen molar-refractivity contribution in [1.29, 1.82) is 0 Å². The third-order valence-electron chi connectivity index (χ3n) is 5.37. The van der Waals surface area contributed by atoms with Gasteiger partial charge in [0.1, 0.15) is 0 Å². The van der Waals surface area contributed by atoms with E-state index in [0.29, 0.717) is 11.0 Å². The summed E-state index contributed by atoms with van der Waals surface area (Å²) < 4.78 is 33.0. The van der Waals surface area contributed by atoms with Crippen LogP contribution in [0.1, 0.15) is 10.4 Å². The van der Waals surface area contributed by atoms with E-state index in [1.807, 2.05) is 60.7 Å². The molecule has 0 fully saturated rings. The van der Waals surface area contributed by atoms with Gasteiger partial charge in [-0.3, -0.25) is 14.8 Å². The first kappa shape index (κ1) is 23.4. The largest absolute Gasteiger partial charge is 0.297 e. The van der Waals surface area contributed by atoms with E-state index in [2.05, 4.69) is 19.4 Å². The summed E-state index contributed by atoms with van der Waals surface area (Å²) >= 11 is 1.05. The molecule has 4 aromatic carbocycles. The molecule has 0 aliphatic carbocycles. The molecule has 0 aliphatic heterocycles. The minimum absolute atomic E-state index is 0.0917. The third-order valence-corrected chi connectivity index (χ3v) is 7.38. The molecule has 5 aromatic rings. The number of benzene rings is 4. The first-order valence-corrected chi connectivity index (χ1v) is 13.2. The van der Waals surface area contributed by atoms with E-state index in [1.165, 1.54) is 0 Å². The van der Waals surface area contributed by atoms with Crippen LogP contribution in [0.25, 0.3) is 22.5 Å². The van der Waals surface area contributed by atoms with Crippen molar-refractivity contribution in [1.82, 2.24) is 9.36 Å². The number of nitrogens with zero attached hydrogens (tertiary/aromatic N) is 2. The summed E-state index contributed by atoms with van der Waals surface area (Å²) in [5.74, 6) is 0.00678. The van der Waals surface area contributed by atoms with Crippen LogP contribution in [0.3, 0.4) is 0 Å². The smallest absolute Gasteiger partial charge is 0.261 e. The SMILES string of the molecule is O=C(Nc1nc(-c2ccccc2)ns1)c1ccccc1NS(=O)(=O)c1ccc(-c2ccccc2)cc1. The second-order valence-electron chi connectivity index (χ2n) is 7.78. The Hall–Kier alpha value is -4.34. The Morgan fingerprint density at radius 1 is 0.694 bits per heavy atom. The fraction of sp³-hybridized carbons (Fsp3) is 0. The summed E-state index contributed by atoms with van der Waals surface area (Å²) in [5, 5.41) is 3.02. The molecule has 36 heavy (non-hydrogen) atoms. The lowest BCUT2D eigenvalue weighted by atomic mass is 10.1. The zero-order chi connectivity index (χ0) is 25.0. The highest BCUT2D eigenvalue weighted by Gasteiger charge is 2.20. The third kappa shape index (κ3) is 5.17. The number of hydrogen-bond acceptors (Lipinski definition) is 6. The first-order valence-electron chi connectivity index (χ1n) is 11.0. The van der Waals surface area contributed by atoms with Gasteiger partial charge in [-0.05, 0) is 35.4 Å². The van der Waals surface area contributed by atoms with Gasteiger partial charge in [0.2, 0.25) is 5.13 Å². The van der Waals surface area contributed by atoms with Crippen molar-refractivity contribution in [3.05, 3.63) is 115 Å². The molecular weight excluding hydrogens is 492 g/mol. The number of carbonyl (C=O) groups is 1. The van der Waals surface area contributed by atoms with Crippen LogP contribution in [-0.2, 0) is 10.0 Å². The summed E-state index contributed by atoms with van der Waals surface area (Å²) in [7, 11) is -3.93. The Labute approximate surface area is 212 Å². The summed E-state index contributed by atoms with van der Waals surface area (Å²) in [5.41, 5.74) is 3.05. The molecule has 0 aliphatic rings. The highest BCUT2D eigenvalue weighted by atomic mass is 32.2. The van der Waals surface area contributed by atoms with E-state index in [0.717, 1.165) is 28.2 Å². The van der Waals surface area contributed by atoms with Crippen molar-refractivity contribution in [2.75, 3.05) is 10.0 Å². The molecular formula is C27H20N4O3S2. The molecule has 0 spiro atoms. The average molecular weight is 513 g/mol. The number of nitrogens with one attached hydrogen (secondary N) is 2. The number of para-hydroxylation sites is 1. The van der Waals surface area contributed by atoms with Gasteiger partial charge in [-0.25, -0.2) is 8.42 Å². The van der Waals surface area contributed by atoms with Gasteiger partial charge < -0.3 is 0 Å². The molecule has 2 N–H and O–H groups in total. The van der Waals surface area contributed by atoms with Crippen molar-refractivity contribution in [3.63, 3.8) is 0 Å². The van der Waals surface area contributed by atoms with Crippen LogP contribution in [0.15, 0.2) is 114 Å². The fourth-order valence-electron chi connectivity index (χ4n) is 3.57. The summed E-state index contributed by atoms with van der Waals surface area (Å²) in [4.78, 5) is 17.5. The van der Waals surface area contributed by atoms with E-state index in [9.17, 15) is 13.2 Å². The van der Waals surface area contributed by atoms with E-state index in [-0.39, 0.29) is 16.1 Å². The Morgan fingerprint density at radius 2 is 1.28 bits per heavy atom. The molecule has 9 heteroatoms. The quantitative estimate of drug-likeness (QED) is 0.282. The highest BCUT2D eigenvalue weighted by molar-refractivity contribution is 7.92. The van der Waals surface area contributed by atoms with Crippen molar-refractivity contribution in [3.8, 4) is 22.5 Å². The molecule has 0 saturated heterocycles. The molecule has 0 bridgehead atoms. The van der Waals surface area contributed by atoms with Gasteiger partial charge >= 0.3 is 0 Å². The number of carbonyl (C=O) groups excluding carboxylic acids is 1. The molecule has 1 amide bonds. The minimum atomic E-state index is -3.93. The van der Waals surface area contributed by atoms with Gasteiger partial charge in [-0.2, -0.15) is 9.36 Å². The van der Waals surface area contributed by atoms with Crippen LogP contribution in [0.2, 0.25) is 0 Å². The number of rotatable bonds is 7. The van der Waals surface area contributed by atoms with Gasteiger partial charge in [-0.1, -0.05) is 84.9 Å². The van der Waals surface area contributed by atoms with Crippen molar-refractivity contribution in [2.45, 2.75) is 4.90 Å². The standard InChI is InChI=1S/C27H20N4O3S2/c32-26(29-27-28-25(30-35-27)21-11-5-2-6-12-21)23-13-7-8-14-24(23)31-36(33,34)22-17-15-20(16-18-22)19-9-3-1-4-10-19/h1-18,31H,(H,28,29,30,32). The molecule has 1 heterocycles. The number of anilines is 2. The van der Waals surface area contributed by atoms with Crippen LogP contribution in [-0.4, -0.2) is 23.7 Å². The fourth-order valence-corrected chi connectivity index (χ4v) is 5.24. The Bertz CT molecular complexity index is 1600. The molecule has 0 radical (unpaired) electrons. The molecule has 5 rings (SSSR count). The van der Waals surface area contributed by atoms with E-state index >= 15 is 0 Å². The Balaban J connectivity index is 1.34. The lowest BCUT2D eigenvalue weighted by molar-refractivity contribution is 0.102. The number of sulfonamides is 1. The topological polar surface area (TPSA) is 101 Å². The zero-order valence-corrected chi connectivity index (χ0v) is 20.5. The predicted octanol–water partition coefficient (Wildman–Crippen LogP) is 5.93. The Kier molecular flexibility index (Phi) is 6.57. The van der Waals surface area contributed by atoms with Gasteiger partial charge in [-0.15, -0.1) is 0 Å². The van der Waals surface area contributed by atoms with Gasteiger partial charge in [0, 0.05) is 17.1 Å². The van der Waals surface area contributed by atoms with Crippen LogP contribution in [0.4, 0.5) is 10.8 Å². The van der Waals surface area contributed by atoms with Crippen LogP contribution < -0.4 is 10.0 Å². The summed E-state index contributed by atoms with van der Waals surface area (Å²) in [6, 6.07) is 32.1. The lowest BCUT2D eigenvalue weighted by Crippen LogP contribution is -2.18. The van der Waals surface area contributed by atoms with Gasteiger partial charge in [0.15, 0.2) is 5.82 Å². The second-order valence-corrected chi connectivity index (χ2v) is 10.2. The molecule has 0 unspecified atom stereocenters. The maximum absolute atomic E-state index is 13.1. The van der Waals surface area contributed by atoms with Crippen molar-refractivity contribution in [2.24, 2.45) is 0 Å². The minimum Gasteiger partial charge on any atom is -0.297 e. The van der Waals surface area contributed by atoms with Crippen LogP contribution >= 0.6 is 11.5 Å². The van der Waals surface area contributed by atoms with Crippen LogP contribution in [0.5, 0.6) is 0 Å². The number of amides is 1. The first-order chi connectivity index (χ1) is 17.5. The molecule has 0 atom stereocenters. The normalized spacial score (nSPS) is 11.1. The number of hydrogen-bond donors (Lipinski definition) is 2. The zero-order valence-electron chi connectivity index (χ0n) is 18.8. The van der Waals surface area contributed by atoms with Crippen molar-refractivity contribution >= 4 is 38.3 Å². The maximum atomic E-state index is 13.1. The highest BCUT2D eigenvalue weighted by Crippen LogP contribution is 2.26. The second kappa shape index (κ2) is 10.1.